The second kappa shape index (κ2) is 6.55. The molecule has 0 saturated carbocycles. The Hall–Kier alpha value is -2.57. The van der Waals surface area contributed by atoms with E-state index in [1.165, 1.54) is 6.26 Å². The van der Waals surface area contributed by atoms with E-state index in [1.54, 1.807) is 36.5 Å². The minimum Gasteiger partial charge on any atom is -0.459 e. The van der Waals surface area contributed by atoms with Gasteiger partial charge in [-0.2, -0.15) is 5.10 Å². The minimum absolute atomic E-state index is 0.0501. The van der Waals surface area contributed by atoms with Gasteiger partial charge in [0.25, 0.3) is 5.91 Å². The smallest absolute Gasteiger partial charge is 0.286 e. The van der Waals surface area contributed by atoms with E-state index in [4.69, 9.17) is 4.42 Å². The molecule has 2 aromatic rings. The fourth-order valence-corrected chi connectivity index (χ4v) is 1.69. The molecule has 0 aliphatic heterocycles. The van der Waals surface area contributed by atoms with Gasteiger partial charge in [0.2, 0.25) is 5.91 Å². The van der Waals surface area contributed by atoms with Crippen LogP contribution >= 0.6 is 0 Å². The molecule has 0 aromatic carbocycles. The van der Waals surface area contributed by atoms with Crippen LogP contribution in [0.25, 0.3) is 0 Å². The van der Waals surface area contributed by atoms with E-state index in [0.29, 0.717) is 6.54 Å². The fraction of sp³-hybridized carbons (Fsp3) is 0.308. The van der Waals surface area contributed by atoms with Crippen molar-refractivity contribution in [1.82, 2.24) is 20.4 Å². The van der Waals surface area contributed by atoms with E-state index in [1.807, 2.05) is 0 Å². The normalized spacial score (nSPS) is 10.2. The molecule has 0 atom stereocenters. The summed E-state index contributed by atoms with van der Waals surface area (Å²) in [5.74, 6) is -0.129. The molecule has 20 heavy (non-hydrogen) atoms. The number of carbonyl (C=O) groups excluding carboxylic acids is 2. The van der Waals surface area contributed by atoms with Gasteiger partial charge < -0.3 is 14.6 Å². The lowest BCUT2D eigenvalue weighted by atomic mass is 10.3. The van der Waals surface area contributed by atoms with Crippen molar-refractivity contribution in [3.8, 4) is 0 Å². The first-order chi connectivity index (χ1) is 9.66. The third-order valence-corrected chi connectivity index (χ3v) is 2.77. The maximum absolute atomic E-state index is 11.9. The zero-order valence-electron chi connectivity index (χ0n) is 11.1. The molecule has 0 unspecified atom stereocenters. The van der Waals surface area contributed by atoms with Crippen LogP contribution in [0.1, 0.15) is 22.5 Å². The first-order valence-corrected chi connectivity index (χ1v) is 6.20. The number of furan rings is 1. The highest BCUT2D eigenvalue weighted by atomic mass is 16.3. The van der Waals surface area contributed by atoms with Gasteiger partial charge in [-0.3, -0.25) is 14.7 Å². The van der Waals surface area contributed by atoms with Crippen LogP contribution in [0.4, 0.5) is 0 Å². The topological polar surface area (TPSA) is 91.2 Å². The van der Waals surface area contributed by atoms with Crippen molar-refractivity contribution in [3.63, 3.8) is 0 Å². The molecule has 7 heteroatoms. The van der Waals surface area contributed by atoms with Crippen LogP contribution in [0.15, 0.2) is 35.2 Å². The summed E-state index contributed by atoms with van der Waals surface area (Å²) in [5.41, 5.74) is 0.931. The summed E-state index contributed by atoms with van der Waals surface area (Å²) in [7, 11) is 1.71. The number of aromatic nitrogens is 2. The van der Waals surface area contributed by atoms with Crippen LogP contribution < -0.4 is 5.32 Å². The lowest BCUT2D eigenvalue weighted by Crippen LogP contribution is -2.31. The Morgan fingerprint density at radius 2 is 2.35 bits per heavy atom. The van der Waals surface area contributed by atoms with Crippen molar-refractivity contribution in [3.05, 3.63) is 42.1 Å². The van der Waals surface area contributed by atoms with Crippen LogP contribution in [0.3, 0.4) is 0 Å². The highest BCUT2D eigenvalue weighted by molar-refractivity contribution is 5.91. The molecule has 0 fully saturated rings. The van der Waals surface area contributed by atoms with Crippen LogP contribution in [-0.4, -0.2) is 40.5 Å². The maximum Gasteiger partial charge on any atom is 0.286 e. The molecule has 2 amide bonds. The molecule has 0 bridgehead atoms. The Morgan fingerprint density at radius 3 is 3.00 bits per heavy atom. The average molecular weight is 276 g/mol. The van der Waals surface area contributed by atoms with Gasteiger partial charge in [0, 0.05) is 38.3 Å². The molecule has 0 spiro atoms. The number of amides is 2. The van der Waals surface area contributed by atoms with E-state index in [-0.39, 0.29) is 30.5 Å². The molecule has 0 saturated heterocycles. The Kier molecular flexibility index (Phi) is 4.54. The molecular weight excluding hydrogens is 260 g/mol. The van der Waals surface area contributed by atoms with Crippen molar-refractivity contribution in [2.24, 2.45) is 0 Å². The highest BCUT2D eigenvalue weighted by Crippen LogP contribution is 2.02. The number of hydrogen-bond acceptors (Lipinski definition) is 4. The maximum atomic E-state index is 11.9. The summed E-state index contributed by atoms with van der Waals surface area (Å²) >= 11 is 0. The summed E-state index contributed by atoms with van der Waals surface area (Å²) in [6.07, 6.45) is 5.07. The van der Waals surface area contributed by atoms with Gasteiger partial charge in [0.05, 0.1) is 12.5 Å². The lowest BCUT2D eigenvalue weighted by molar-refractivity contribution is -0.130. The lowest BCUT2D eigenvalue weighted by Gasteiger charge is -2.16. The van der Waals surface area contributed by atoms with Gasteiger partial charge in [-0.15, -0.1) is 0 Å². The zero-order chi connectivity index (χ0) is 14.4. The zero-order valence-corrected chi connectivity index (χ0v) is 11.1. The molecule has 2 heterocycles. The summed E-state index contributed by atoms with van der Waals surface area (Å²) in [6.45, 7) is 0.759. The quantitative estimate of drug-likeness (QED) is 0.815. The van der Waals surface area contributed by atoms with E-state index in [0.717, 1.165) is 5.56 Å². The summed E-state index contributed by atoms with van der Waals surface area (Å²) in [6, 6.07) is 3.21. The van der Waals surface area contributed by atoms with Crippen LogP contribution in [0.2, 0.25) is 0 Å². The predicted molar refractivity (Wildman–Crippen MR) is 70.7 cm³/mol. The summed E-state index contributed by atoms with van der Waals surface area (Å²) in [5, 5.41) is 9.14. The standard InChI is InChI=1S/C13H16N4O3/c1-17(9-10-7-15-16-8-10)12(18)4-5-14-13(19)11-3-2-6-20-11/h2-3,6-8H,4-5,9H2,1H3,(H,14,19)(H,15,16). The monoisotopic (exact) mass is 276 g/mol. The molecule has 2 aromatic heterocycles. The Balaban J connectivity index is 1.71. The molecule has 2 N–H and O–H groups in total. The van der Waals surface area contributed by atoms with Crippen molar-refractivity contribution < 1.29 is 14.0 Å². The van der Waals surface area contributed by atoms with Crippen molar-refractivity contribution >= 4 is 11.8 Å². The SMILES string of the molecule is CN(Cc1cn[nH]c1)C(=O)CCNC(=O)c1ccco1. The fourth-order valence-electron chi connectivity index (χ4n) is 1.69. The first kappa shape index (κ1) is 13.9. The minimum atomic E-state index is -0.319. The number of carbonyl (C=O) groups is 2. The van der Waals surface area contributed by atoms with Gasteiger partial charge in [-0.05, 0) is 12.1 Å². The number of rotatable bonds is 6. The van der Waals surface area contributed by atoms with Crippen molar-refractivity contribution in [2.45, 2.75) is 13.0 Å². The highest BCUT2D eigenvalue weighted by Gasteiger charge is 2.12. The van der Waals surface area contributed by atoms with E-state index in [9.17, 15) is 9.59 Å². The van der Waals surface area contributed by atoms with Gasteiger partial charge in [-0.1, -0.05) is 0 Å². The Labute approximate surface area is 116 Å². The molecule has 106 valence electrons. The van der Waals surface area contributed by atoms with Gasteiger partial charge >= 0.3 is 0 Å². The van der Waals surface area contributed by atoms with Crippen molar-refractivity contribution in [2.75, 3.05) is 13.6 Å². The number of H-pyrrole nitrogens is 1. The molecular formula is C13H16N4O3. The van der Waals surface area contributed by atoms with Gasteiger partial charge in [0.1, 0.15) is 0 Å². The van der Waals surface area contributed by atoms with Gasteiger partial charge in [0.15, 0.2) is 5.76 Å². The molecule has 0 aliphatic rings. The Morgan fingerprint density at radius 1 is 1.50 bits per heavy atom. The number of nitrogens with one attached hydrogen (secondary N) is 2. The summed E-state index contributed by atoms with van der Waals surface area (Å²) < 4.78 is 4.95. The van der Waals surface area contributed by atoms with E-state index in [2.05, 4.69) is 15.5 Å². The summed E-state index contributed by atoms with van der Waals surface area (Å²) in [4.78, 5) is 25.0. The van der Waals surface area contributed by atoms with Crippen LogP contribution in [0, 0.1) is 0 Å². The van der Waals surface area contributed by atoms with Crippen LogP contribution in [-0.2, 0) is 11.3 Å². The average Bonchev–Trinajstić information content (AvgIpc) is 3.11. The van der Waals surface area contributed by atoms with Crippen molar-refractivity contribution in [1.29, 1.82) is 0 Å². The number of nitrogens with zero attached hydrogens (tertiary/aromatic N) is 2. The Bertz CT molecular complexity index is 548. The third kappa shape index (κ3) is 3.71. The largest absolute Gasteiger partial charge is 0.459 e. The third-order valence-electron chi connectivity index (χ3n) is 2.77. The number of hydrogen-bond donors (Lipinski definition) is 2. The molecule has 7 nitrogen and oxygen atoms in total. The molecule has 2 rings (SSSR count). The predicted octanol–water partition coefficient (Wildman–Crippen LogP) is 0.781. The van der Waals surface area contributed by atoms with Crippen LogP contribution in [0.5, 0.6) is 0 Å². The second-order valence-electron chi connectivity index (χ2n) is 4.34. The van der Waals surface area contributed by atoms with E-state index < -0.39 is 0 Å². The first-order valence-electron chi connectivity index (χ1n) is 6.20. The van der Waals surface area contributed by atoms with Gasteiger partial charge in [-0.25, -0.2) is 0 Å². The second-order valence-corrected chi connectivity index (χ2v) is 4.34. The molecule has 0 aliphatic carbocycles. The molecule has 0 radical (unpaired) electrons. The van der Waals surface area contributed by atoms with E-state index >= 15 is 0 Å². The number of aromatic amines is 1.